The van der Waals surface area contributed by atoms with Crippen molar-refractivity contribution in [2.45, 2.75) is 104 Å². The molecule has 2 atom stereocenters. The summed E-state index contributed by atoms with van der Waals surface area (Å²) in [7, 11) is -0.139. The number of rotatable bonds is 11. The van der Waals surface area contributed by atoms with Crippen molar-refractivity contribution in [2.75, 3.05) is 13.4 Å². The van der Waals surface area contributed by atoms with Crippen LogP contribution in [0.25, 0.3) is 0 Å². The van der Waals surface area contributed by atoms with Gasteiger partial charge in [0.15, 0.2) is 7.05 Å². The Labute approximate surface area is 341 Å². The molecule has 0 saturated heterocycles. The van der Waals surface area contributed by atoms with Crippen LogP contribution in [0.3, 0.4) is 0 Å². The van der Waals surface area contributed by atoms with Crippen molar-refractivity contribution in [3.05, 3.63) is 149 Å². The maximum Gasteiger partial charge on any atom is 0.200 e. The Bertz CT molecular complexity index is 2210. The summed E-state index contributed by atoms with van der Waals surface area (Å²) < 4.78 is 9.15. The lowest BCUT2D eigenvalue weighted by molar-refractivity contribution is -0.382. The Balaban J connectivity index is 1.27. The molecule has 6 nitrogen and oxygen atoms in total. The van der Waals surface area contributed by atoms with Gasteiger partial charge in [0.1, 0.15) is 24.9 Å². The lowest BCUT2D eigenvalue weighted by atomic mass is 9.79. The quantitative estimate of drug-likeness (QED) is 0.103. The van der Waals surface area contributed by atoms with Crippen LogP contribution in [0.15, 0.2) is 125 Å². The minimum absolute atomic E-state index is 0.0183. The first-order valence-electron chi connectivity index (χ1n) is 20.3. The molecule has 0 heterocycles. The van der Waals surface area contributed by atoms with E-state index in [-0.39, 0.29) is 35.3 Å². The minimum atomic E-state index is -2.31. The smallest absolute Gasteiger partial charge is 0.200 e. The highest BCUT2D eigenvalue weighted by Gasteiger charge is 2.35. The average Bonchev–Trinajstić information content (AvgIpc) is 3.20. The van der Waals surface area contributed by atoms with Crippen LogP contribution in [-0.4, -0.2) is 52.4 Å². The van der Waals surface area contributed by atoms with E-state index in [1.54, 1.807) is 0 Å². The first kappa shape index (κ1) is 41.9. The molecule has 2 unspecified atom stereocenters. The molecular formula is C50H61N3O3P+. The largest absolute Gasteiger partial charge is 0.507 e. The average molecular weight is 783 g/mol. The second kappa shape index (κ2) is 17.8. The number of nitrogens with zero attached hydrogens (tertiary/aromatic N) is 3. The first-order chi connectivity index (χ1) is 27.2. The summed E-state index contributed by atoms with van der Waals surface area (Å²) in [4.78, 5) is 10.2. The Morgan fingerprint density at radius 1 is 0.684 bits per heavy atom. The normalized spacial score (nSPS) is 16.7. The number of para-hydroxylation sites is 1. The number of ether oxygens (including phenoxy) is 1. The summed E-state index contributed by atoms with van der Waals surface area (Å²) in [6.45, 7) is 15.3. The van der Waals surface area contributed by atoms with Crippen LogP contribution in [0.1, 0.15) is 101 Å². The van der Waals surface area contributed by atoms with Crippen molar-refractivity contribution in [2.24, 2.45) is 9.98 Å². The fourth-order valence-electron chi connectivity index (χ4n) is 7.85. The molecule has 1 fully saturated rings. The van der Waals surface area contributed by atoms with E-state index in [0.29, 0.717) is 17.7 Å². The van der Waals surface area contributed by atoms with Gasteiger partial charge in [-0.05, 0) is 78.1 Å². The maximum atomic E-state index is 11.7. The van der Waals surface area contributed by atoms with Gasteiger partial charge in [0.2, 0.25) is 5.69 Å². The van der Waals surface area contributed by atoms with Crippen molar-refractivity contribution < 1.29 is 19.3 Å². The molecule has 7 heteroatoms. The van der Waals surface area contributed by atoms with E-state index < -0.39 is 7.05 Å². The van der Waals surface area contributed by atoms with Crippen LogP contribution in [0.5, 0.6) is 11.5 Å². The summed E-state index contributed by atoms with van der Waals surface area (Å²) in [6.07, 6.45) is 8.15. The van der Waals surface area contributed by atoms with Crippen molar-refractivity contribution in [1.82, 2.24) is 0 Å². The molecular weight excluding hydrogens is 722 g/mol. The predicted octanol–water partition coefficient (Wildman–Crippen LogP) is 11.2. The highest BCUT2D eigenvalue weighted by molar-refractivity contribution is 7.78. The van der Waals surface area contributed by atoms with Crippen LogP contribution < -0.4 is 10.6 Å². The van der Waals surface area contributed by atoms with Crippen molar-refractivity contribution in [3.63, 3.8) is 0 Å². The molecule has 1 saturated carbocycles. The molecule has 2 N–H and O–H groups in total. The van der Waals surface area contributed by atoms with Crippen molar-refractivity contribution >= 4 is 35.8 Å². The van der Waals surface area contributed by atoms with E-state index in [4.69, 9.17) is 14.7 Å². The molecule has 0 aliphatic heterocycles. The summed E-state index contributed by atoms with van der Waals surface area (Å²) >= 11 is 0. The number of hydrogen-bond acceptors (Lipinski definition) is 5. The molecule has 1 aliphatic carbocycles. The Morgan fingerprint density at radius 3 is 1.70 bits per heavy atom. The molecule has 1 aliphatic rings. The van der Waals surface area contributed by atoms with Gasteiger partial charge in [-0.1, -0.05) is 121 Å². The predicted molar refractivity (Wildman–Crippen MR) is 241 cm³/mol. The standard InChI is InChI=1S/C50H60N3O3P/c1-36-28-37(32-51-45-26-18-19-27-46(45)52-33-38-30-40(49(2,3)4)31-44(48(38)55)50(5,6)7)47(54)39(29-36)34-56-35-57(42-22-14-10-15-23-42,43-24-16-11-17-25-43)53(8)41-20-12-9-13-21-41/h9-17,20-25,28-33,45-46H,18-19,26-27,34-35H2,1-8H3,(H-,51,52,54,55)/p+1. The van der Waals surface area contributed by atoms with Crippen LogP contribution in [-0.2, 0) is 22.2 Å². The molecule has 6 rings (SSSR count). The number of phenols is 2. The summed E-state index contributed by atoms with van der Waals surface area (Å²) in [6, 6.07) is 40.0. The first-order valence-corrected chi connectivity index (χ1v) is 22.2. The van der Waals surface area contributed by atoms with Gasteiger partial charge in [-0.3, -0.25) is 9.98 Å². The number of aromatic hydroxyl groups is 2. The molecule has 57 heavy (non-hydrogen) atoms. The van der Waals surface area contributed by atoms with Gasteiger partial charge >= 0.3 is 0 Å². The second-order valence-corrected chi connectivity index (χ2v) is 21.0. The van der Waals surface area contributed by atoms with Gasteiger partial charge in [0.25, 0.3) is 0 Å². The van der Waals surface area contributed by atoms with Crippen molar-refractivity contribution in [1.29, 1.82) is 0 Å². The fourth-order valence-corrected chi connectivity index (χ4v) is 11.5. The number of aryl methyl sites for hydroxylation is 1. The zero-order chi connectivity index (χ0) is 40.8. The van der Waals surface area contributed by atoms with Gasteiger partial charge in [-0.25, -0.2) is 4.33 Å². The van der Waals surface area contributed by atoms with Gasteiger partial charge in [0, 0.05) is 57.4 Å². The fraction of sp³-hybridized carbons (Fsp3) is 0.360. The number of phenolic OH excluding ortho intramolecular Hbond substituents is 2. The van der Waals surface area contributed by atoms with E-state index in [0.717, 1.165) is 53.6 Å². The monoisotopic (exact) mass is 782 g/mol. The third kappa shape index (κ3) is 9.68. The lowest BCUT2D eigenvalue weighted by Crippen LogP contribution is -2.27. The summed E-state index contributed by atoms with van der Waals surface area (Å²) in [5, 5.41) is 25.5. The van der Waals surface area contributed by atoms with Gasteiger partial charge in [0.05, 0.1) is 18.7 Å². The Kier molecular flexibility index (Phi) is 13.1. The Hall–Kier alpha value is -4.77. The zero-order valence-corrected chi connectivity index (χ0v) is 36.0. The third-order valence-corrected chi connectivity index (χ3v) is 15.3. The van der Waals surface area contributed by atoms with E-state index in [1.807, 2.05) is 37.6 Å². The van der Waals surface area contributed by atoms with E-state index in [9.17, 15) is 10.2 Å². The van der Waals surface area contributed by atoms with Crippen LogP contribution in [0.4, 0.5) is 5.69 Å². The molecule has 0 bridgehead atoms. The lowest BCUT2D eigenvalue weighted by Gasteiger charge is -2.28. The maximum absolute atomic E-state index is 11.7. The highest BCUT2D eigenvalue weighted by Crippen LogP contribution is 2.49. The SMILES string of the molecule is Cc1cc(/C=N/C2CCCCC2/N=C/c2cc(C(C)(C)C)cc(C(C)(C)C)c2O)c(O)c(COCP(c2ccccc2)(c2ccccc2)=[N+](C)c2ccccc2)c1. The summed E-state index contributed by atoms with van der Waals surface area (Å²) in [5.74, 6) is 0.492. The van der Waals surface area contributed by atoms with Crippen LogP contribution >= 0.6 is 7.05 Å². The number of benzene rings is 5. The molecule has 0 radical (unpaired) electrons. The molecule has 0 aromatic heterocycles. The van der Waals surface area contributed by atoms with Gasteiger partial charge in [-0.15, -0.1) is 0 Å². The zero-order valence-electron chi connectivity index (χ0n) is 35.1. The van der Waals surface area contributed by atoms with Crippen molar-refractivity contribution in [3.8, 4) is 11.5 Å². The van der Waals surface area contributed by atoms with Gasteiger partial charge < -0.3 is 14.9 Å². The van der Waals surface area contributed by atoms with E-state index in [1.165, 1.54) is 16.2 Å². The highest BCUT2D eigenvalue weighted by atomic mass is 31.2. The molecule has 5 aromatic rings. The number of hydrogen-bond donors (Lipinski definition) is 2. The molecule has 0 amide bonds. The topological polar surface area (TPSA) is 77.4 Å². The molecule has 298 valence electrons. The number of aliphatic imine (C=N–C) groups is 2. The molecule has 0 spiro atoms. The second-order valence-electron chi connectivity index (χ2n) is 17.6. The van der Waals surface area contributed by atoms with E-state index in [2.05, 4.69) is 150 Å². The third-order valence-electron chi connectivity index (χ3n) is 11.2. The van der Waals surface area contributed by atoms with Crippen LogP contribution in [0.2, 0.25) is 0 Å². The summed E-state index contributed by atoms with van der Waals surface area (Å²) in [5.41, 5.74) is 6.15. The van der Waals surface area contributed by atoms with E-state index >= 15 is 0 Å². The Morgan fingerprint density at radius 2 is 1.19 bits per heavy atom. The van der Waals surface area contributed by atoms with Gasteiger partial charge in [-0.2, -0.15) is 0 Å². The molecule has 5 aromatic carbocycles. The minimum Gasteiger partial charge on any atom is -0.507 e. The van der Waals surface area contributed by atoms with Crippen LogP contribution in [0, 0.1) is 6.92 Å².